The highest BCUT2D eigenvalue weighted by Crippen LogP contribution is 2.10. The van der Waals surface area contributed by atoms with Gasteiger partial charge in [-0.3, -0.25) is 4.79 Å². The van der Waals surface area contributed by atoms with Gasteiger partial charge in [0.15, 0.2) is 11.9 Å². The van der Waals surface area contributed by atoms with E-state index in [1.54, 1.807) is 6.92 Å². The van der Waals surface area contributed by atoms with E-state index in [1.165, 1.54) is 20.3 Å². The van der Waals surface area contributed by atoms with Crippen LogP contribution in [0.5, 0.6) is 0 Å². The number of carbonyl (C=O) groups is 1. The fraction of sp³-hybridized carbons (Fsp3) is 0.500. The minimum absolute atomic E-state index is 0.123. The lowest BCUT2D eigenvalue weighted by molar-refractivity contribution is -0.121. The van der Waals surface area contributed by atoms with E-state index in [-0.39, 0.29) is 5.78 Å². The summed E-state index contributed by atoms with van der Waals surface area (Å²) < 4.78 is 9.75. The number of ether oxygens (including phenoxy) is 2. The summed E-state index contributed by atoms with van der Waals surface area (Å²) in [5.41, 5.74) is 0.627. The van der Waals surface area contributed by atoms with E-state index < -0.39 is 6.10 Å². The molecule has 0 N–H and O–H groups in total. The Kier molecular flexibility index (Phi) is 2.60. The molecule has 0 saturated carbocycles. The first kappa shape index (κ1) is 8.93. The molecule has 4 heteroatoms. The van der Waals surface area contributed by atoms with Crippen molar-refractivity contribution >= 4 is 11.5 Å². The molecule has 0 bridgehead atoms. The Bertz CT molecular complexity index is 255. The first-order valence-electron chi connectivity index (χ1n) is 3.56. The summed E-state index contributed by atoms with van der Waals surface area (Å²) in [4.78, 5) is 15.3. The van der Waals surface area contributed by atoms with Crippen LogP contribution in [-0.2, 0) is 14.3 Å². The van der Waals surface area contributed by atoms with Gasteiger partial charge in [-0.2, -0.15) is 0 Å². The van der Waals surface area contributed by atoms with E-state index in [0.29, 0.717) is 11.6 Å². The number of methoxy groups -OCH3 is 2. The van der Waals surface area contributed by atoms with Crippen molar-refractivity contribution in [2.45, 2.75) is 13.0 Å². The maximum absolute atomic E-state index is 11.2. The fourth-order valence-corrected chi connectivity index (χ4v) is 1.06. The molecule has 4 nitrogen and oxygen atoms in total. The summed E-state index contributed by atoms with van der Waals surface area (Å²) in [6.07, 6.45) is 0.796. The first-order chi connectivity index (χ1) is 5.69. The van der Waals surface area contributed by atoms with Gasteiger partial charge in [-0.05, 0) is 6.92 Å². The molecule has 0 aromatic heterocycles. The van der Waals surface area contributed by atoms with Crippen molar-refractivity contribution in [3.05, 3.63) is 12.0 Å². The number of ketones is 1. The Labute approximate surface area is 70.9 Å². The number of aliphatic imine (C=N–C) groups is 1. The van der Waals surface area contributed by atoms with Gasteiger partial charge in [-0.25, -0.2) is 4.99 Å². The molecule has 0 saturated heterocycles. The lowest BCUT2D eigenvalue weighted by Crippen LogP contribution is -2.31. The molecule has 0 aromatic rings. The monoisotopic (exact) mass is 169 g/mol. The number of nitrogens with zero attached hydrogens (tertiary/aromatic N) is 1. The van der Waals surface area contributed by atoms with Crippen LogP contribution in [0.3, 0.4) is 0 Å². The summed E-state index contributed by atoms with van der Waals surface area (Å²) in [6, 6.07) is 0. The minimum atomic E-state index is -0.538. The molecular weight excluding hydrogens is 158 g/mol. The number of rotatable bonds is 2. The summed E-state index contributed by atoms with van der Waals surface area (Å²) >= 11 is 0. The molecule has 0 aliphatic carbocycles. The highest BCUT2D eigenvalue weighted by molar-refractivity contribution is 6.13. The standard InChI is InChI=1S/C8H11NO3/c1-5-8(12-3)6(10)4-7(9-5)11-2/h4,8H,1-3H3. The van der Waals surface area contributed by atoms with Gasteiger partial charge < -0.3 is 9.47 Å². The molecule has 0 amide bonds. The van der Waals surface area contributed by atoms with Gasteiger partial charge in [-0.1, -0.05) is 0 Å². The zero-order valence-corrected chi connectivity index (χ0v) is 7.33. The number of carbonyl (C=O) groups excluding carboxylic acids is 1. The molecule has 1 aliphatic heterocycles. The third-order valence-electron chi connectivity index (χ3n) is 1.63. The molecule has 1 atom stereocenters. The van der Waals surface area contributed by atoms with Gasteiger partial charge in [-0.15, -0.1) is 0 Å². The Balaban J connectivity index is 2.88. The Hall–Kier alpha value is -1.16. The molecule has 1 aliphatic rings. The molecule has 0 fully saturated rings. The average Bonchev–Trinajstić information content (AvgIpc) is 2.03. The molecule has 66 valence electrons. The largest absolute Gasteiger partial charge is 0.481 e. The Morgan fingerprint density at radius 1 is 1.50 bits per heavy atom. The van der Waals surface area contributed by atoms with Gasteiger partial charge in [0, 0.05) is 13.2 Å². The molecule has 12 heavy (non-hydrogen) atoms. The van der Waals surface area contributed by atoms with Crippen LogP contribution in [0.15, 0.2) is 17.0 Å². The van der Waals surface area contributed by atoms with Crippen LogP contribution in [-0.4, -0.2) is 31.8 Å². The molecule has 1 heterocycles. The van der Waals surface area contributed by atoms with Crippen LogP contribution in [0.4, 0.5) is 0 Å². The van der Waals surface area contributed by atoms with Crippen molar-refractivity contribution in [3.8, 4) is 0 Å². The number of hydrogen-bond acceptors (Lipinski definition) is 4. The molecule has 0 radical (unpaired) electrons. The quantitative estimate of drug-likeness (QED) is 0.606. The topological polar surface area (TPSA) is 47.9 Å². The minimum Gasteiger partial charge on any atom is -0.481 e. The predicted octanol–water partition coefficient (Wildman–Crippen LogP) is 0.533. The maximum atomic E-state index is 11.2. The van der Waals surface area contributed by atoms with Crippen LogP contribution in [0.2, 0.25) is 0 Å². The molecule has 1 rings (SSSR count). The van der Waals surface area contributed by atoms with E-state index in [9.17, 15) is 4.79 Å². The van der Waals surface area contributed by atoms with Crippen molar-refractivity contribution in [2.75, 3.05) is 14.2 Å². The Morgan fingerprint density at radius 2 is 2.17 bits per heavy atom. The second kappa shape index (κ2) is 3.49. The van der Waals surface area contributed by atoms with E-state index in [1.807, 2.05) is 0 Å². The molecule has 0 spiro atoms. The van der Waals surface area contributed by atoms with Gasteiger partial charge in [0.2, 0.25) is 5.88 Å². The van der Waals surface area contributed by atoms with Gasteiger partial charge in [0.1, 0.15) is 0 Å². The average molecular weight is 169 g/mol. The lowest BCUT2D eigenvalue weighted by Gasteiger charge is -2.16. The highest BCUT2D eigenvalue weighted by Gasteiger charge is 2.24. The second-order valence-corrected chi connectivity index (χ2v) is 2.46. The van der Waals surface area contributed by atoms with Crippen LogP contribution < -0.4 is 0 Å². The number of hydrogen-bond donors (Lipinski definition) is 0. The van der Waals surface area contributed by atoms with Crippen LogP contribution >= 0.6 is 0 Å². The van der Waals surface area contributed by atoms with E-state index >= 15 is 0 Å². The van der Waals surface area contributed by atoms with Crippen LogP contribution in [0.1, 0.15) is 6.92 Å². The smallest absolute Gasteiger partial charge is 0.216 e. The zero-order valence-electron chi connectivity index (χ0n) is 7.33. The molecule has 1 unspecified atom stereocenters. The normalized spacial score (nSPS) is 23.2. The van der Waals surface area contributed by atoms with Crippen LogP contribution in [0.25, 0.3) is 0 Å². The third kappa shape index (κ3) is 1.53. The predicted molar refractivity (Wildman–Crippen MR) is 44.0 cm³/mol. The van der Waals surface area contributed by atoms with E-state index in [2.05, 4.69) is 4.99 Å². The van der Waals surface area contributed by atoms with Crippen molar-refractivity contribution in [2.24, 2.45) is 4.99 Å². The lowest BCUT2D eigenvalue weighted by atomic mass is 10.1. The van der Waals surface area contributed by atoms with E-state index in [4.69, 9.17) is 9.47 Å². The Morgan fingerprint density at radius 3 is 2.58 bits per heavy atom. The van der Waals surface area contributed by atoms with Gasteiger partial charge in [0.25, 0.3) is 0 Å². The highest BCUT2D eigenvalue weighted by atomic mass is 16.5. The van der Waals surface area contributed by atoms with Crippen molar-refractivity contribution in [1.82, 2.24) is 0 Å². The summed E-state index contributed by atoms with van der Waals surface area (Å²) in [5.74, 6) is 0.215. The first-order valence-corrected chi connectivity index (χ1v) is 3.56. The van der Waals surface area contributed by atoms with Gasteiger partial charge in [0.05, 0.1) is 12.8 Å². The zero-order chi connectivity index (χ0) is 9.14. The SMILES string of the molecule is COC1=CC(=O)C(OC)C(C)=N1. The summed E-state index contributed by atoms with van der Waals surface area (Å²) in [6.45, 7) is 1.73. The maximum Gasteiger partial charge on any atom is 0.216 e. The third-order valence-corrected chi connectivity index (χ3v) is 1.63. The van der Waals surface area contributed by atoms with Crippen molar-refractivity contribution in [3.63, 3.8) is 0 Å². The van der Waals surface area contributed by atoms with Gasteiger partial charge >= 0.3 is 0 Å². The molecule has 0 aromatic carbocycles. The summed E-state index contributed by atoms with van der Waals surface area (Å²) in [7, 11) is 2.95. The van der Waals surface area contributed by atoms with Crippen molar-refractivity contribution < 1.29 is 14.3 Å². The summed E-state index contributed by atoms with van der Waals surface area (Å²) in [5, 5.41) is 0. The van der Waals surface area contributed by atoms with Crippen molar-refractivity contribution in [1.29, 1.82) is 0 Å². The molecular formula is C8H11NO3. The fourth-order valence-electron chi connectivity index (χ4n) is 1.06. The van der Waals surface area contributed by atoms with E-state index in [0.717, 1.165) is 0 Å². The van der Waals surface area contributed by atoms with Crippen LogP contribution in [0, 0.1) is 0 Å². The second-order valence-electron chi connectivity index (χ2n) is 2.46.